The predicted molar refractivity (Wildman–Crippen MR) is 164 cm³/mol. The standard InChI is InChI=1S/C22H29N3S2.C8H16N2O/c1-6-8-9-20-16(3)24-22(21(14-23)19(20)7-2)27-15-17-10-12-18(13-11-17)25(4)26-5;9-6-8(11)10-7-4-2-1-3-5-7/h10-13H,6-9,15H2,1-5H3;7H,1-6,9H2,(H,10,11). The second kappa shape index (κ2) is 17.4. The summed E-state index contributed by atoms with van der Waals surface area (Å²) in [6.07, 6.45) is 12.3. The number of benzene rings is 1. The number of nitrogens with zero attached hydrogens (tertiary/aromatic N) is 3. The highest BCUT2D eigenvalue weighted by atomic mass is 32.2. The third kappa shape index (κ3) is 9.83. The molecule has 0 atom stereocenters. The van der Waals surface area contributed by atoms with E-state index in [9.17, 15) is 10.1 Å². The molecule has 0 radical (unpaired) electrons. The molecule has 2 aromatic rings. The smallest absolute Gasteiger partial charge is 0.233 e. The molecule has 0 bridgehead atoms. The number of nitriles is 1. The number of nitrogens with two attached hydrogens (primary N) is 1. The molecule has 38 heavy (non-hydrogen) atoms. The Morgan fingerprint density at radius 2 is 1.87 bits per heavy atom. The average Bonchev–Trinajstić information content (AvgIpc) is 2.95. The van der Waals surface area contributed by atoms with Gasteiger partial charge in [0.1, 0.15) is 11.1 Å². The van der Waals surface area contributed by atoms with Crippen molar-refractivity contribution >= 4 is 35.3 Å². The van der Waals surface area contributed by atoms with Gasteiger partial charge in [0.25, 0.3) is 0 Å². The first-order chi connectivity index (χ1) is 18.4. The zero-order chi connectivity index (χ0) is 27.9. The Kier molecular flexibility index (Phi) is 14.6. The van der Waals surface area contributed by atoms with E-state index in [2.05, 4.69) is 74.0 Å². The largest absolute Gasteiger partial charge is 0.352 e. The van der Waals surface area contributed by atoms with E-state index in [0.717, 1.165) is 60.6 Å². The summed E-state index contributed by atoms with van der Waals surface area (Å²) < 4.78 is 2.14. The van der Waals surface area contributed by atoms with Crippen molar-refractivity contribution < 1.29 is 4.79 Å². The molecule has 0 unspecified atom stereocenters. The summed E-state index contributed by atoms with van der Waals surface area (Å²) in [7, 11) is 2.06. The molecule has 0 spiro atoms. The van der Waals surface area contributed by atoms with Gasteiger partial charge in [-0.25, -0.2) is 4.98 Å². The molecule has 1 saturated carbocycles. The lowest BCUT2D eigenvalue weighted by Crippen LogP contribution is -2.39. The maximum absolute atomic E-state index is 10.8. The monoisotopic (exact) mass is 555 g/mol. The molecule has 1 aromatic carbocycles. The van der Waals surface area contributed by atoms with Gasteiger partial charge in [0.05, 0.1) is 12.1 Å². The van der Waals surface area contributed by atoms with Gasteiger partial charge in [0.2, 0.25) is 5.91 Å². The van der Waals surface area contributed by atoms with E-state index < -0.39 is 0 Å². The van der Waals surface area contributed by atoms with Crippen molar-refractivity contribution in [3.63, 3.8) is 0 Å². The number of hydrogen-bond acceptors (Lipinski definition) is 7. The summed E-state index contributed by atoms with van der Waals surface area (Å²) in [5.74, 6) is 0.805. The second-order valence-corrected chi connectivity index (χ2v) is 11.5. The lowest BCUT2D eigenvalue weighted by atomic mass is 9.95. The molecule has 1 aliphatic rings. The Morgan fingerprint density at radius 3 is 2.42 bits per heavy atom. The third-order valence-electron chi connectivity index (χ3n) is 6.94. The van der Waals surface area contributed by atoms with Crippen molar-refractivity contribution in [3.05, 3.63) is 52.2 Å². The Hall–Kier alpha value is -2.21. The van der Waals surface area contributed by atoms with Crippen LogP contribution in [-0.4, -0.2) is 36.8 Å². The molecule has 208 valence electrons. The molecule has 1 amide bonds. The van der Waals surface area contributed by atoms with Gasteiger partial charge in [-0.2, -0.15) is 5.26 Å². The highest BCUT2D eigenvalue weighted by molar-refractivity contribution is 7.99. The summed E-state index contributed by atoms with van der Waals surface area (Å²) in [4.78, 5) is 15.7. The van der Waals surface area contributed by atoms with Gasteiger partial charge in [-0.1, -0.05) is 63.6 Å². The minimum atomic E-state index is -0.0168. The Bertz CT molecular complexity index is 1050. The van der Waals surface area contributed by atoms with Crippen LogP contribution in [0.15, 0.2) is 29.3 Å². The molecular formula is C30H45N5OS2. The van der Waals surface area contributed by atoms with Crippen LogP contribution in [0.3, 0.4) is 0 Å². The molecule has 1 aliphatic carbocycles. The fourth-order valence-electron chi connectivity index (χ4n) is 4.66. The number of hydrogen-bond donors (Lipinski definition) is 2. The van der Waals surface area contributed by atoms with Crippen molar-refractivity contribution in [2.24, 2.45) is 5.73 Å². The zero-order valence-corrected chi connectivity index (χ0v) is 25.4. The number of carbonyl (C=O) groups excluding carboxylic acids is 1. The van der Waals surface area contributed by atoms with Crippen LogP contribution in [0, 0.1) is 18.3 Å². The van der Waals surface area contributed by atoms with E-state index in [0.29, 0.717) is 6.04 Å². The van der Waals surface area contributed by atoms with Gasteiger partial charge in [-0.3, -0.25) is 4.79 Å². The second-order valence-electron chi connectivity index (χ2n) is 9.65. The summed E-state index contributed by atoms with van der Waals surface area (Å²) in [5, 5.41) is 13.6. The van der Waals surface area contributed by atoms with Crippen LogP contribution in [0.5, 0.6) is 0 Å². The number of unbranched alkanes of at least 4 members (excludes halogenated alkanes) is 1. The zero-order valence-electron chi connectivity index (χ0n) is 23.8. The number of carbonyl (C=O) groups is 1. The molecule has 6 nitrogen and oxygen atoms in total. The van der Waals surface area contributed by atoms with Gasteiger partial charge < -0.3 is 15.4 Å². The van der Waals surface area contributed by atoms with Gasteiger partial charge in [0.15, 0.2) is 0 Å². The van der Waals surface area contributed by atoms with E-state index in [1.807, 2.05) is 0 Å². The summed E-state index contributed by atoms with van der Waals surface area (Å²) in [6.45, 7) is 6.55. The van der Waals surface area contributed by atoms with Crippen LogP contribution in [0.4, 0.5) is 5.69 Å². The summed E-state index contributed by atoms with van der Waals surface area (Å²) in [6, 6.07) is 11.4. The van der Waals surface area contributed by atoms with Crippen LogP contribution < -0.4 is 15.4 Å². The first-order valence-corrected chi connectivity index (χ1v) is 16.0. The number of aryl methyl sites for hydroxylation is 1. The topological polar surface area (TPSA) is 95.0 Å². The minimum Gasteiger partial charge on any atom is -0.352 e. The Balaban J connectivity index is 0.000000384. The number of nitrogens with one attached hydrogen (secondary N) is 1. The quantitative estimate of drug-likeness (QED) is 0.239. The van der Waals surface area contributed by atoms with Crippen LogP contribution in [-0.2, 0) is 23.4 Å². The SMILES string of the molecule is CCCCc1c(C)nc(SCc2ccc(N(C)SC)cc2)c(C#N)c1CC.NCC(=O)NC1CCCCC1. The van der Waals surface area contributed by atoms with E-state index in [1.165, 1.54) is 41.6 Å². The highest BCUT2D eigenvalue weighted by Gasteiger charge is 2.17. The number of thioether (sulfide) groups is 1. The Morgan fingerprint density at radius 1 is 1.18 bits per heavy atom. The number of pyridine rings is 1. The van der Waals surface area contributed by atoms with E-state index in [1.54, 1.807) is 23.7 Å². The summed E-state index contributed by atoms with van der Waals surface area (Å²) >= 11 is 3.36. The lowest BCUT2D eigenvalue weighted by molar-refractivity contribution is -0.120. The molecule has 1 fully saturated rings. The minimum absolute atomic E-state index is 0.0168. The predicted octanol–water partition coefficient (Wildman–Crippen LogP) is 6.57. The third-order valence-corrected chi connectivity index (χ3v) is 8.74. The molecule has 1 heterocycles. The molecular weight excluding hydrogens is 510 g/mol. The van der Waals surface area contributed by atoms with E-state index >= 15 is 0 Å². The van der Waals surface area contributed by atoms with E-state index in [-0.39, 0.29) is 12.5 Å². The van der Waals surface area contributed by atoms with Crippen LogP contribution in [0.25, 0.3) is 0 Å². The molecule has 0 saturated heterocycles. The number of anilines is 1. The maximum atomic E-state index is 10.8. The maximum Gasteiger partial charge on any atom is 0.233 e. The molecule has 3 N–H and O–H groups in total. The molecule has 8 heteroatoms. The Labute approximate surface area is 238 Å². The van der Waals surface area contributed by atoms with Crippen molar-refractivity contribution in [2.75, 3.05) is 24.2 Å². The van der Waals surface area contributed by atoms with Crippen molar-refractivity contribution in [1.29, 1.82) is 5.26 Å². The fourth-order valence-corrected chi connectivity index (χ4v) is 6.01. The van der Waals surface area contributed by atoms with Crippen LogP contribution in [0.1, 0.15) is 86.7 Å². The average molecular weight is 556 g/mol. The highest BCUT2D eigenvalue weighted by Crippen LogP contribution is 2.31. The van der Waals surface area contributed by atoms with Crippen molar-refractivity contribution in [3.8, 4) is 6.07 Å². The van der Waals surface area contributed by atoms with Gasteiger partial charge >= 0.3 is 0 Å². The molecule has 0 aliphatic heterocycles. The van der Waals surface area contributed by atoms with Gasteiger partial charge in [-0.15, -0.1) is 11.8 Å². The normalized spacial score (nSPS) is 13.3. The van der Waals surface area contributed by atoms with Gasteiger partial charge in [-0.05, 0) is 67.9 Å². The first kappa shape index (κ1) is 32.0. The fraction of sp³-hybridized carbons (Fsp3) is 0.567. The molecule has 3 rings (SSSR count). The number of amides is 1. The van der Waals surface area contributed by atoms with Crippen LogP contribution >= 0.6 is 23.7 Å². The molecule has 1 aromatic heterocycles. The first-order valence-electron chi connectivity index (χ1n) is 13.8. The van der Waals surface area contributed by atoms with Crippen LogP contribution in [0.2, 0.25) is 0 Å². The van der Waals surface area contributed by atoms with E-state index in [4.69, 9.17) is 10.7 Å². The summed E-state index contributed by atoms with van der Waals surface area (Å²) in [5.41, 5.74) is 11.9. The lowest BCUT2D eigenvalue weighted by Gasteiger charge is -2.22. The van der Waals surface area contributed by atoms with Crippen molar-refractivity contribution in [1.82, 2.24) is 10.3 Å². The number of rotatable bonds is 11. The van der Waals surface area contributed by atoms with Gasteiger partial charge in [0, 0.05) is 36.5 Å². The number of aromatic nitrogens is 1. The van der Waals surface area contributed by atoms with Crippen molar-refractivity contribution in [2.45, 2.75) is 95.4 Å².